The lowest BCUT2D eigenvalue weighted by Gasteiger charge is -2.31. The lowest BCUT2D eigenvalue weighted by Crippen LogP contribution is -2.37. The van der Waals surface area contributed by atoms with Crippen molar-refractivity contribution in [3.05, 3.63) is 11.7 Å². The van der Waals surface area contributed by atoms with Crippen LogP contribution in [0.15, 0.2) is 4.52 Å². The molecule has 5 nitrogen and oxygen atoms in total. The predicted octanol–water partition coefficient (Wildman–Crippen LogP) is 2.19. The third-order valence-corrected chi connectivity index (χ3v) is 4.17. The maximum atomic E-state index is 5.31. The van der Waals surface area contributed by atoms with Gasteiger partial charge in [-0.1, -0.05) is 12.1 Å². The number of hydrogen-bond acceptors (Lipinski definition) is 5. The van der Waals surface area contributed by atoms with Crippen LogP contribution in [-0.4, -0.2) is 41.2 Å². The molecule has 1 aliphatic heterocycles. The summed E-state index contributed by atoms with van der Waals surface area (Å²) in [6, 6.07) is 0. The second-order valence-electron chi connectivity index (χ2n) is 5.85. The van der Waals surface area contributed by atoms with Crippen LogP contribution in [0.3, 0.4) is 0 Å². The fraction of sp³-hybridized carbons (Fsp3) is 0.857. The summed E-state index contributed by atoms with van der Waals surface area (Å²) in [7, 11) is 0. The normalized spacial score (nSPS) is 20.9. The Bertz CT molecular complexity index is 400. The molecule has 0 amide bonds. The van der Waals surface area contributed by atoms with Gasteiger partial charge in [0.2, 0.25) is 5.89 Å². The highest BCUT2D eigenvalue weighted by Gasteiger charge is 2.30. The zero-order valence-electron chi connectivity index (χ0n) is 12.2. The minimum atomic E-state index is 0. The molecule has 114 valence electrons. The van der Waals surface area contributed by atoms with Gasteiger partial charge >= 0.3 is 0 Å². The van der Waals surface area contributed by atoms with Crippen molar-refractivity contribution < 1.29 is 4.52 Å². The van der Waals surface area contributed by atoms with E-state index in [-0.39, 0.29) is 12.4 Å². The van der Waals surface area contributed by atoms with E-state index in [0.717, 1.165) is 43.8 Å². The van der Waals surface area contributed by atoms with Gasteiger partial charge in [0, 0.05) is 5.92 Å². The fourth-order valence-corrected chi connectivity index (χ4v) is 2.72. The van der Waals surface area contributed by atoms with Crippen molar-refractivity contribution in [1.29, 1.82) is 0 Å². The Labute approximate surface area is 126 Å². The summed E-state index contributed by atoms with van der Waals surface area (Å²) in [5.41, 5.74) is 0. The lowest BCUT2D eigenvalue weighted by atomic mass is 9.97. The first-order valence-corrected chi connectivity index (χ1v) is 7.60. The minimum absolute atomic E-state index is 0. The third kappa shape index (κ3) is 4.17. The van der Waals surface area contributed by atoms with Gasteiger partial charge < -0.3 is 9.84 Å². The maximum absolute atomic E-state index is 5.31. The van der Waals surface area contributed by atoms with Crippen molar-refractivity contribution in [1.82, 2.24) is 20.4 Å². The molecule has 2 aliphatic rings. The van der Waals surface area contributed by atoms with Crippen LogP contribution in [0.1, 0.15) is 50.2 Å². The molecule has 2 fully saturated rings. The summed E-state index contributed by atoms with van der Waals surface area (Å²) < 4.78 is 5.31. The zero-order chi connectivity index (χ0) is 13.1. The van der Waals surface area contributed by atoms with Crippen LogP contribution in [0, 0.1) is 5.92 Å². The second-order valence-corrected chi connectivity index (χ2v) is 5.85. The second kappa shape index (κ2) is 7.38. The molecule has 1 aromatic rings. The standard InChI is InChI=1S/C14H24N4O.ClH/c1-2-15-9-11-5-7-18(8-6-11)10-13-16-14(19-17-13)12-3-4-12;/h11-12,15H,2-10H2,1H3;1H. The molecule has 1 N–H and O–H groups in total. The Kier molecular flexibility index (Phi) is 5.81. The van der Waals surface area contributed by atoms with E-state index in [1.54, 1.807) is 0 Å². The van der Waals surface area contributed by atoms with Crippen molar-refractivity contribution >= 4 is 12.4 Å². The smallest absolute Gasteiger partial charge is 0.229 e. The molecule has 20 heavy (non-hydrogen) atoms. The Morgan fingerprint density at radius 1 is 1.25 bits per heavy atom. The maximum Gasteiger partial charge on any atom is 0.229 e. The highest BCUT2D eigenvalue weighted by molar-refractivity contribution is 5.85. The Morgan fingerprint density at radius 2 is 2.00 bits per heavy atom. The van der Waals surface area contributed by atoms with Crippen molar-refractivity contribution in [2.24, 2.45) is 5.92 Å². The van der Waals surface area contributed by atoms with Gasteiger partial charge in [-0.2, -0.15) is 4.98 Å². The van der Waals surface area contributed by atoms with Crippen molar-refractivity contribution in [2.45, 2.75) is 45.1 Å². The number of hydrogen-bond donors (Lipinski definition) is 1. The molecule has 0 spiro atoms. The summed E-state index contributed by atoms with van der Waals surface area (Å²) in [4.78, 5) is 6.95. The van der Waals surface area contributed by atoms with Gasteiger partial charge in [-0.25, -0.2) is 0 Å². The average Bonchev–Trinajstić information content (AvgIpc) is 3.19. The lowest BCUT2D eigenvalue weighted by molar-refractivity contribution is 0.170. The van der Waals surface area contributed by atoms with Crippen LogP contribution in [0.5, 0.6) is 0 Å². The van der Waals surface area contributed by atoms with E-state index in [9.17, 15) is 0 Å². The van der Waals surface area contributed by atoms with Crippen LogP contribution in [0.4, 0.5) is 0 Å². The fourth-order valence-electron chi connectivity index (χ4n) is 2.72. The minimum Gasteiger partial charge on any atom is -0.339 e. The van der Waals surface area contributed by atoms with E-state index in [4.69, 9.17) is 4.52 Å². The predicted molar refractivity (Wildman–Crippen MR) is 80.1 cm³/mol. The summed E-state index contributed by atoms with van der Waals surface area (Å²) in [6.45, 7) is 7.57. The monoisotopic (exact) mass is 300 g/mol. The SMILES string of the molecule is CCNCC1CCN(Cc2noc(C3CC3)n2)CC1.Cl. The first-order valence-electron chi connectivity index (χ1n) is 7.60. The van der Waals surface area contributed by atoms with Crippen LogP contribution < -0.4 is 5.32 Å². The molecule has 1 saturated heterocycles. The number of nitrogens with one attached hydrogen (secondary N) is 1. The highest BCUT2D eigenvalue weighted by Crippen LogP contribution is 2.38. The number of halogens is 1. The van der Waals surface area contributed by atoms with Gasteiger partial charge in [0.05, 0.1) is 6.54 Å². The van der Waals surface area contributed by atoms with E-state index < -0.39 is 0 Å². The molecule has 0 radical (unpaired) electrons. The molecule has 0 atom stereocenters. The van der Waals surface area contributed by atoms with Gasteiger partial charge in [0.15, 0.2) is 5.82 Å². The zero-order valence-corrected chi connectivity index (χ0v) is 13.0. The largest absolute Gasteiger partial charge is 0.339 e. The van der Waals surface area contributed by atoms with Gasteiger partial charge in [-0.05, 0) is 57.8 Å². The summed E-state index contributed by atoms with van der Waals surface area (Å²) in [5.74, 6) is 3.12. The number of piperidine rings is 1. The van der Waals surface area contributed by atoms with Crippen LogP contribution in [0.25, 0.3) is 0 Å². The van der Waals surface area contributed by atoms with Crippen molar-refractivity contribution in [3.8, 4) is 0 Å². The topological polar surface area (TPSA) is 54.2 Å². The summed E-state index contributed by atoms with van der Waals surface area (Å²) >= 11 is 0. The molecule has 1 saturated carbocycles. The first-order chi connectivity index (χ1) is 9.35. The Hall–Kier alpha value is -0.650. The quantitative estimate of drug-likeness (QED) is 0.873. The van der Waals surface area contributed by atoms with Gasteiger partial charge in [0.1, 0.15) is 0 Å². The number of rotatable bonds is 6. The molecular formula is C14H25ClN4O. The summed E-state index contributed by atoms with van der Waals surface area (Å²) in [6.07, 6.45) is 5.00. The number of nitrogens with zero attached hydrogens (tertiary/aromatic N) is 3. The Balaban J connectivity index is 0.00000147. The van der Waals surface area contributed by atoms with E-state index in [1.807, 2.05) is 0 Å². The summed E-state index contributed by atoms with van der Waals surface area (Å²) in [5, 5.41) is 7.55. The highest BCUT2D eigenvalue weighted by atomic mass is 35.5. The Morgan fingerprint density at radius 3 is 2.65 bits per heavy atom. The molecule has 0 bridgehead atoms. The molecule has 1 aromatic heterocycles. The molecule has 0 unspecified atom stereocenters. The molecule has 0 aromatic carbocycles. The number of aromatic nitrogens is 2. The van der Waals surface area contributed by atoms with E-state index in [0.29, 0.717) is 5.92 Å². The number of likely N-dealkylation sites (tertiary alicyclic amines) is 1. The van der Waals surface area contributed by atoms with Crippen LogP contribution in [-0.2, 0) is 6.54 Å². The van der Waals surface area contributed by atoms with E-state index >= 15 is 0 Å². The molecule has 1 aliphatic carbocycles. The third-order valence-electron chi connectivity index (χ3n) is 4.17. The van der Waals surface area contributed by atoms with Gasteiger partial charge in [0.25, 0.3) is 0 Å². The molecule has 6 heteroatoms. The van der Waals surface area contributed by atoms with Crippen LogP contribution in [0.2, 0.25) is 0 Å². The first kappa shape index (κ1) is 15.7. The van der Waals surface area contributed by atoms with Crippen LogP contribution >= 0.6 is 12.4 Å². The van der Waals surface area contributed by atoms with E-state index in [1.165, 1.54) is 32.2 Å². The van der Waals surface area contributed by atoms with E-state index in [2.05, 4.69) is 27.3 Å². The average molecular weight is 301 g/mol. The van der Waals surface area contributed by atoms with Crippen molar-refractivity contribution in [3.63, 3.8) is 0 Å². The molecule has 3 rings (SSSR count). The molecular weight excluding hydrogens is 276 g/mol. The molecule has 2 heterocycles. The van der Waals surface area contributed by atoms with Crippen molar-refractivity contribution in [2.75, 3.05) is 26.2 Å². The van der Waals surface area contributed by atoms with Gasteiger partial charge in [-0.15, -0.1) is 12.4 Å². The van der Waals surface area contributed by atoms with Gasteiger partial charge in [-0.3, -0.25) is 4.90 Å².